The summed E-state index contributed by atoms with van der Waals surface area (Å²) in [5.41, 5.74) is -1.49. The predicted octanol–water partition coefficient (Wildman–Crippen LogP) is 3.76. The van der Waals surface area contributed by atoms with Gasteiger partial charge in [0.2, 0.25) is 5.95 Å². The van der Waals surface area contributed by atoms with Crippen molar-refractivity contribution in [1.29, 1.82) is 0 Å². The van der Waals surface area contributed by atoms with E-state index in [1.165, 1.54) is 6.07 Å². The quantitative estimate of drug-likeness (QED) is 0.596. The highest BCUT2D eigenvalue weighted by atomic mass is 19.4. The van der Waals surface area contributed by atoms with Gasteiger partial charge in [-0.05, 0) is 42.4 Å². The number of aromatic nitrogens is 2. The molecule has 0 radical (unpaired) electrons. The van der Waals surface area contributed by atoms with Gasteiger partial charge in [0.15, 0.2) is 5.78 Å². The van der Waals surface area contributed by atoms with E-state index in [1.807, 2.05) is 0 Å². The summed E-state index contributed by atoms with van der Waals surface area (Å²) in [6, 6.07) is 3.88. The van der Waals surface area contributed by atoms with Crippen LogP contribution in [0.2, 0.25) is 0 Å². The average molecular weight is 397 g/mol. The van der Waals surface area contributed by atoms with Gasteiger partial charge in [-0.2, -0.15) is 13.2 Å². The van der Waals surface area contributed by atoms with E-state index in [9.17, 15) is 27.2 Å². The first kappa shape index (κ1) is 20.0. The fourth-order valence-electron chi connectivity index (χ4n) is 3.15. The van der Waals surface area contributed by atoms with Crippen molar-refractivity contribution in [1.82, 2.24) is 9.97 Å². The number of carbonyl (C=O) groups is 1. The lowest BCUT2D eigenvalue weighted by atomic mass is 9.88. The molecule has 0 amide bonds. The molecule has 0 spiro atoms. The van der Waals surface area contributed by atoms with E-state index in [0.717, 1.165) is 25.0 Å². The molecule has 2 aromatic rings. The van der Waals surface area contributed by atoms with Crippen LogP contribution in [0.25, 0.3) is 0 Å². The lowest BCUT2D eigenvalue weighted by molar-refractivity contribution is -0.140. The molecule has 150 valence electrons. The number of hydrogen-bond donors (Lipinski definition) is 1. The van der Waals surface area contributed by atoms with Gasteiger partial charge in [0.05, 0.1) is 5.56 Å². The van der Waals surface area contributed by atoms with E-state index in [2.05, 4.69) is 9.97 Å². The third-order valence-corrected chi connectivity index (χ3v) is 4.76. The van der Waals surface area contributed by atoms with Crippen LogP contribution in [0.5, 0.6) is 0 Å². The van der Waals surface area contributed by atoms with Gasteiger partial charge in [0.1, 0.15) is 11.5 Å². The SMILES string of the molecule is CN(C)c1nc(C(=O)C[C@@H](c2ccc(C(F)(F)F)c(F)c2)C2CC2)cc(=O)[nH]1. The molecule has 1 aromatic carbocycles. The molecule has 1 heterocycles. The third kappa shape index (κ3) is 4.40. The molecule has 28 heavy (non-hydrogen) atoms. The smallest absolute Gasteiger partial charge is 0.348 e. The lowest BCUT2D eigenvalue weighted by Gasteiger charge is -2.18. The molecule has 1 fully saturated rings. The molecule has 0 saturated heterocycles. The maximum Gasteiger partial charge on any atom is 0.419 e. The molecule has 3 rings (SSSR count). The number of carbonyl (C=O) groups excluding carboxylic acids is 1. The fraction of sp³-hybridized carbons (Fsp3) is 0.421. The highest BCUT2D eigenvalue weighted by Crippen LogP contribution is 2.45. The van der Waals surface area contributed by atoms with E-state index < -0.39 is 34.8 Å². The van der Waals surface area contributed by atoms with E-state index in [1.54, 1.807) is 19.0 Å². The van der Waals surface area contributed by atoms with E-state index in [4.69, 9.17) is 0 Å². The van der Waals surface area contributed by atoms with Crippen LogP contribution in [0.3, 0.4) is 0 Å². The Morgan fingerprint density at radius 1 is 1.29 bits per heavy atom. The van der Waals surface area contributed by atoms with Crippen LogP contribution >= 0.6 is 0 Å². The largest absolute Gasteiger partial charge is 0.419 e. The van der Waals surface area contributed by atoms with Crippen molar-refractivity contribution >= 4 is 11.7 Å². The highest BCUT2D eigenvalue weighted by Gasteiger charge is 2.37. The van der Waals surface area contributed by atoms with Gasteiger partial charge in [-0.3, -0.25) is 14.6 Å². The zero-order valence-corrected chi connectivity index (χ0v) is 15.3. The molecule has 1 saturated carbocycles. The summed E-state index contributed by atoms with van der Waals surface area (Å²) in [7, 11) is 3.31. The number of hydrogen-bond acceptors (Lipinski definition) is 4. The highest BCUT2D eigenvalue weighted by molar-refractivity contribution is 5.95. The number of anilines is 1. The number of benzene rings is 1. The number of H-pyrrole nitrogens is 1. The summed E-state index contributed by atoms with van der Waals surface area (Å²) in [6.45, 7) is 0. The Morgan fingerprint density at radius 2 is 1.96 bits per heavy atom. The number of nitrogens with one attached hydrogen (secondary N) is 1. The number of aromatic amines is 1. The lowest BCUT2D eigenvalue weighted by Crippen LogP contribution is -2.22. The molecular formula is C19H19F4N3O2. The zero-order chi connectivity index (χ0) is 20.6. The van der Waals surface area contributed by atoms with Crippen molar-refractivity contribution in [3.05, 3.63) is 57.3 Å². The van der Waals surface area contributed by atoms with Crippen LogP contribution in [0, 0.1) is 11.7 Å². The minimum Gasteiger partial charge on any atom is -0.348 e. The van der Waals surface area contributed by atoms with Crippen molar-refractivity contribution in [2.75, 3.05) is 19.0 Å². The second-order valence-electron chi connectivity index (χ2n) is 7.16. The second kappa shape index (κ2) is 7.37. The van der Waals surface area contributed by atoms with Crippen LogP contribution in [-0.4, -0.2) is 29.8 Å². The summed E-state index contributed by atoms with van der Waals surface area (Å²) >= 11 is 0. The van der Waals surface area contributed by atoms with E-state index in [-0.39, 0.29) is 24.0 Å². The van der Waals surface area contributed by atoms with Crippen molar-refractivity contribution < 1.29 is 22.4 Å². The average Bonchev–Trinajstić information content (AvgIpc) is 3.42. The van der Waals surface area contributed by atoms with Gasteiger partial charge < -0.3 is 4.90 Å². The van der Waals surface area contributed by atoms with Crippen LogP contribution in [0.15, 0.2) is 29.1 Å². The second-order valence-corrected chi connectivity index (χ2v) is 7.16. The van der Waals surface area contributed by atoms with Crippen LogP contribution in [0.4, 0.5) is 23.5 Å². The van der Waals surface area contributed by atoms with Gasteiger partial charge >= 0.3 is 6.18 Å². The number of ketones is 1. The Labute approximate surface area is 158 Å². The first-order chi connectivity index (χ1) is 13.1. The van der Waals surface area contributed by atoms with Crippen molar-refractivity contribution in [3.8, 4) is 0 Å². The number of alkyl halides is 3. The summed E-state index contributed by atoms with van der Waals surface area (Å²) in [4.78, 5) is 32.6. The molecule has 0 unspecified atom stereocenters. The van der Waals surface area contributed by atoms with Gasteiger partial charge in [-0.25, -0.2) is 9.37 Å². The Kier molecular flexibility index (Phi) is 5.27. The van der Waals surface area contributed by atoms with Crippen molar-refractivity contribution in [2.45, 2.75) is 31.4 Å². The molecule has 5 nitrogen and oxygen atoms in total. The topological polar surface area (TPSA) is 66.1 Å². The first-order valence-electron chi connectivity index (χ1n) is 8.75. The summed E-state index contributed by atoms with van der Waals surface area (Å²) < 4.78 is 52.3. The Bertz CT molecular complexity index is 949. The maximum absolute atomic E-state index is 14.0. The van der Waals surface area contributed by atoms with Crippen molar-refractivity contribution in [3.63, 3.8) is 0 Å². The number of nitrogens with zero attached hydrogens (tertiary/aromatic N) is 2. The van der Waals surface area contributed by atoms with Gasteiger partial charge in [0.25, 0.3) is 5.56 Å². The van der Waals surface area contributed by atoms with Crippen LogP contribution in [-0.2, 0) is 6.18 Å². The third-order valence-electron chi connectivity index (χ3n) is 4.76. The van der Waals surface area contributed by atoms with Gasteiger partial charge in [-0.1, -0.05) is 6.07 Å². The van der Waals surface area contributed by atoms with Gasteiger partial charge in [-0.15, -0.1) is 0 Å². The maximum atomic E-state index is 14.0. The molecule has 0 aliphatic heterocycles. The molecule has 1 aliphatic carbocycles. The molecular weight excluding hydrogens is 378 g/mol. The predicted molar refractivity (Wildman–Crippen MR) is 95.0 cm³/mol. The summed E-state index contributed by atoms with van der Waals surface area (Å²) in [6.07, 6.45) is -3.21. The van der Waals surface area contributed by atoms with Crippen LogP contribution in [0.1, 0.15) is 46.8 Å². The summed E-state index contributed by atoms with van der Waals surface area (Å²) in [5, 5.41) is 0. The molecule has 9 heteroatoms. The molecule has 0 bridgehead atoms. The normalized spacial score (nSPS) is 15.4. The number of rotatable bonds is 6. The standard InChI is InChI=1S/C19H19F4N3O2/c1-26(2)18-24-15(9-17(28)25-18)16(27)8-12(10-3-4-10)11-5-6-13(14(20)7-11)19(21,22)23/h5-7,9-10,12H,3-4,8H2,1-2H3,(H,24,25,28)/t12-/m1/s1. The van der Waals surface area contributed by atoms with Crippen LogP contribution < -0.4 is 10.5 Å². The fourth-order valence-corrected chi connectivity index (χ4v) is 3.15. The summed E-state index contributed by atoms with van der Waals surface area (Å²) in [5.74, 6) is -1.87. The van der Waals surface area contributed by atoms with E-state index >= 15 is 0 Å². The number of Topliss-reactive ketones (excluding diaryl/α,β-unsaturated/α-hetero) is 1. The Morgan fingerprint density at radius 3 is 2.50 bits per heavy atom. The van der Waals surface area contributed by atoms with Gasteiger partial charge in [0, 0.05) is 26.6 Å². The van der Waals surface area contributed by atoms with E-state index in [0.29, 0.717) is 11.6 Å². The minimum atomic E-state index is -4.77. The monoisotopic (exact) mass is 397 g/mol. The van der Waals surface area contributed by atoms with Crippen molar-refractivity contribution in [2.24, 2.45) is 5.92 Å². The molecule has 1 aromatic heterocycles. The molecule has 1 atom stereocenters. The zero-order valence-electron chi connectivity index (χ0n) is 15.3. The molecule has 1 N–H and O–H groups in total. The Balaban J connectivity index is 1.88. The Hall–Kier alpha value is -2.71. The number of halogens is 4. The molecule has 1 aliphatic rings. The minimum absolute atomic E-state index is 0.0227. The first-order valence-corrected chi connectivity index (χ1v) is 8.75.